The van der Waals surface area contributed by atoms with Crippen LogP contribution in [0.4, 0.5) is 16.0 Å². The number of hydrogen-bond acceptors (Lipinski definition) is 5. The van der Waals surface area contributed by atoms with E-state index in [2.05, 4.69) is 15.3 Å². The Labute approximate surface area is 144 Å². The number of rotatable bonds is 3. The van der Waals surface area contributed by atoms with Gasteiger partial charge in [0, 0.05) is 45.5 Å². The number of carbonyl (C=O) groups is 2. The van der Waals surface area contributed by atoms with Crippen LogP contribution in [0.3, 0.4) is 0 Å². The third kappa shape index (κ3) is 3.90. The van der Waals surface area contributed by atoms with Crippen LogP contribution >= 0.6 is 0 Å². The quantitative estimate of drug-likeness (QED) is 0.914. The first-order valence-corrected chi connectivity index (χ1v) is 7.93. The van der Waals surface area contributed by atoms with Gasteiger partial charge in [-0.15, -0.1) is 0 Å². The van der Waals surface area contributed by atoms with Crippen LogP contribution in [0.5, 0.6) is 0 Å². The van der Waals surface area contributed by atoms with Crippen molar-refractivity contribution in [2.75, 3.05) is 36.4 Å². The monoisotopic (exact) mass is 343 g/mol. The van der Waals surface area contributed by atoms with E-state index < -0.39 is 11.7 Å². The Balaban J connectivity index is 1.63. The summed E-state index contributed by atoms with van der Waals surface area (Å²) < 4.78 is 13.6. The van der Waals surface area contributed by atoms with Gasteiger partial charge in [0.15, 0.2) is 0 Å². The average Bonchev–Trinajstić information content (AvgIpc) is 2.64. The molecule has 8 heteroatoms. The van der Waals surface area contributed by atoms with E-state index in [1.54, 1.807) is 24.0 Å². The molecule has 0 saturated carbocycles. The number of nitrogens with one attached hydrogen (secondary N) is 1. The highest BCUT2D eigenvalue weighted by Gasteiger charge is 2.20. The van der Waals surface area contributed by atoms with Gasteiger partial charge in [-0.1, -0.05) is 12.1 Å². The Bertz CT molecular complexity index is 773. The molecule has 1 aromatic heterocycles. The summed E-state index contributed by atoms with van der Waals surface area (Å²) in [4.78, 5) is 35.7. The van der Waals surface area contributed by atoms with Crippen molar-refractivity contribution in [3.63, 3.8) is 0 Å². The van der Waals surface area contributed by atoms with Gasteiger partial charge in [-0.2, -0.15) is 0 Å². The topological polar surface area (TPSA) is 78.4 Å². The second-order valence-electron chi connectivity index (χ2n) is 5.70. The summed E-state index contributed by atoms with van der Waals surface area (Å²) in [6, 6.07) is 5.95. The number of hydrogen-bond donors (Lipinski definition) is 1. The fourth-order valence-corrected chi connectivity index (χ4v) is 2.58. The van der Waals surface area contributed by atoms with Gasteiger partial charge < -0.3 is 15.1 Å². The molecule has 3 rings (SSSR count). The first kappa shape index (κ1) is 16.8. The highest BCUT2D eigenvalue weighted by molar-refractivity contribution is 6.03. The lowest BCUT2D eigenvalue weighted by atomic mass is 10.2. The molecule has 1 aliphatic heterocycles. The third-order valence-electron chi connectivity index (χ3n) is 4.03. The Morgan fingerprint density at radius 1 is 1.08 bits per heavy atom. The van der Waals surface area contributed by atoms with Gasteiger partial charge in [-0.25, -0.2) is 14.4 Å². The minimum atomic E-state index is -0.503. The second-order valence-corrected chi connectivity index (χ2v) is 5.70. The predicted molar refractivity (Wildman–Crippen MR) is 90.9 cm³/mol. The Kier molecular flexibility index (Phi) is 4.87. The van der Waals surface area contributed by atoms with Crippen molar-refractivity contribution in [3.05, 3.63) is 48.0 Å². The van der Waals surface area contributed by atoms with Crippen LogP contribution in [0.2, 0.25) is 0 Å². The largest absolute Gasteiger partial charge is 0.339 e. The average molecular weight is 343 g/mol. The van der Waals surface area contributed by atoms with E-state index in [9.17, 15) is 14.0 Å². The fourth-order valence-electron chi connectivity index (χ4n) is 2.58. The van der Waals surface area contributed by atoms with E-state index in [0.717, 1.165) is 0 Å². The van der Waals surface area contributed by atoms with E-state index in [1.165, 1.54) is 24.5 Å². The van der Waals surface area contributed by atoms with Gasteiger partial charge >= 0.3 is 0 Å². The highest BCUT2D eigenvalue weighted by atomic mass is 19.1. The van der Waals surface area contributed by atoms with Gasteiger partial charge in [-0.3, -0.25) is 9.59 Å². The van der Waals surface area contributed by atoms with Gasteiger partial charge in [0.1, 0.15) is 5.82 Å². The molecular formula is C17H18FN5O2. The lowest BCUT2D eigenvalue weighted by molar-refractivity contribution is -0.129. The molecule has 2 aromatic rings. The summed E-state index contributed by atoms with van der Waals surface area (Å²) in [6.07, 6.45) is 2.83. The number of benzene rings is 1. The zero-order valence-electron chi connectivity index (χ0n) is 13.8. The second kappa shape index (κ2) is 7.25. The van der Waals surface area contributed by atoms with Crippen molar-refractivity contribution >= 4 is 23.5 Å². The van der Waals surface area contributed by atoms with Gasteiger partial charge in [0.05, 0.1) is 11.3 Å². The Morgan fingerprint density at radius 3 is 2.32 bits per heavy atom. The Hall–Kier alpha value is -3.03. The number of nitrogens with zero attached hydrogens (tertiary/aromatic N) is 4. The van der Waals surface area contributed by atoms with E-state index in [1.807, 2.05) is 4.90 Å². The SMILES string of the molecule is CC(=O)N1CCN(c2ncc(C(=O)Nc3ccccc3F)cn2)CC1. The van der Waals surface area contributed by atoms with E-state index in [-0.39, 0.29) is 17.2 Å². The first-order valence-electron chi connectivity index (χ1n) is 7.93. The summed E-state index contributed by atoms with van der Waals surface area (Å²) >= 11 is 0. The van der Waals surface area contributed by atoms with Crippen LogP contribution in [0.1, 0.15) is 17.3 Å². The molecule has 0 atom stereocenters. The van der Waals surface area contributed by atoms with Gasteiger partial charge in [0.2, 0.25) is 11.9 Å². The standard InChI is InChI=1S/C17H18FN5O2/c1-12(24)22-6-8-23(9-7-22)17-19-10-13(11-20-17)16(25)21-15-5-3-2-4-14(15)18/h2-5,10-11H,6-9H2,1H3,(H,21,25). The number of aromatic nitrogens is 2. The number of piperazine rings is 1. The summed E-state index contributed by atoms with van der Waals surface area (Å²) in [7, 11) is 0. The van der Waals surface area contributed by atoms with Crippen LogP contribution < -0.4 is 10.2 Å². The fraction of sp³-hybridized carbons (Fsp3) is 0.294. The molecule has 1 fully saturated rings. The zero-order valence-corrected chi connectivity index (χ0v) is 13.8. The number of anilines is 2. The summed E-state index contributed by atoms with van der Waals surface area (Å²) in [6.45, 7) is 4.07. The van der Waals surface area contributed by atoms with Crippen LogP contribution in [0.25, 0.3) is 0 Å². The van der Waals surface area contributed by atoms with E-state index in [0.29, 0.717) is 32.1 Å². The van der Waals surface area contributed by atoms with Crippen molar-refractivity contribution in [1.82, 2.24) is 14.9 Å². The molecular weight excluding hydrogens is 325 g/mol. The maximum absolute atomic E-state index is 13.6. The molecule has 7 nitrogen and oxygen atoms in total. The highest BCUT2D eigenvalue weighted by Crippen LogP contribution is 2.15. The minimum absolute atomic E-state index is 0.0562. The van der Waals surface area contributed by atoms with Crippen molar-refractivity contribution in [1.29, 1.82) is 0 Å². The number of amides is 2. The molecule has 25 heavy (non-hydrogen) atoms. The van der Waals surface area contributed by atoms with Gasteiger partial charge in [0.25, 0.3) is 5.91 Å². The molecule has 1 aliphatic rings. The maximum atomic E-state index is 13.6. The first-order chi connectivity index (χ1) is 12.0. The molecule has 130 valence electrons. The van der Waals surface area contributed by atoms with E-state index >= 15 is 0 Å². The molecule has 0 aliphatic carbocycles. The summed E-state index contributed by atoms with van der Waals surface area (Å²) in [5, 5.41) is 2.49. The number of para-hydroxylation sites is 1. The summed E-state index contributed by atoms with van der Waals surface area (Å²) in [5.74, 6) is -0.416. The smallest absolute Gasteiger partial charge is 0.258 e. The van der Waals surface area contributed by atoms with Crippen molar-refractivity contribution < 1.29 is 14.0 Å². The molecule has 0 bridgehead atoms. The van der Waals surface area contributed by atoms with Crippen molar-refractivity contribution in [2.24, 2.45) is 0 Å². The van der Waals surface area contributed by atoms with E-state index in [4.69, 9.17) is 0 Å². The lowest BCUT2D eigenvalue weighted by Crippen LogP contribution is -2.48. The van der Waals surface area contributed by atoms with Gasteiger partial charge in [-0.05, 0) is 12.1 Å². The van der Waals surface area contributed by atoms with Crippen molar-refractivity contribution in [2.45, 2.75) is 6.92 Å². The third-order valence-corrected chi connectivity index (χ3v) is 4.03. The molecule has 0 spiro atoms. The summed E-state index contributed by atoms with van der Waals surface area (Å²) in [5.41, 5.74) is 0.353. The molecule has 0 radical (unpaired) electrons. The van der Waals surface area contributed by atoms with Crippen LogP contribution in [-0.2, 0) is 4.79 Å². The molecule has 1 aromatic carbocycles. The number of carbonyl (C=O) groups excluding carboxylic acids is 2. The minimum Gasteiger partial charge on any atom is -0.339 e. The molecule has 2 heterocycles. The Morgan fingerprint density at radius 2 is 1.72 bits per heavy atom. The van der Waals surface area contributed by atoms with Crippen LogP contribution in [0, 0.1) is 5.82 Å². The molecule has 1 N–H and O–H groups in total. The normalized spacial score (nSPS) is 14.3. The van der Waals surface area contributed by atoms with Crippen molar-refractivity contribution in [3.8, 4) is 0 Å². The molecule has 2 amide bonds. The maximum Gasteiger partial charge on any atom is 0.258 e. The lowest BCUT2D eigenvalue weighted by Gasteiger charge is -2.34. The number of halogens is 1. The predicted octanol–water partition coefficient (Wildman–Crippen LogP) is 1.54. The molecule has 1 saturated heterocycles. The van der Waals surface area contributed by atoms with Crippen LogP contribution in [-0.4, -0.2) is 52.9 Å². The zero-order chi connectivity index (χ0) is 17.8. The molecule has 0 unspecified atom stereocenters. The van der Waals surface area contributed by atoms with Crippen LogP contribution in [0.15, 0.2) is 36.7 Å².